The average molecular weight is 354 g/mol. The lowest BCUT2D eigenvalue weighted by Crippen LogP contribution is -2.09. The second-order valence-corrected chi connectivity index (χ2v) is 5.56. The SMILES string of the molecule is CCc1cc(C(=O)Oc2cccc(F)c2)c(-c2ccccc2[N+](=O)[O-])[nH]1. The van der Waals surface area contributed by atoms with E-state index in [2.05, 4.69) is 4.98 Å². The van der Waals surface area contributed by atoms with Crippen LogP contribution in [0.2, 0.25) is 0 Å². The molecule has 0 bridgehead atoms. The van der Waals surface area contributed by atoms with Gasteiger partial charge < -0.3 is 9.72 Å². The summed E-state index contributed by atoms with van der Waals surface area (Å²) >= 11 is 0. The van der Waals surface area contributed by atoms with Gasteiger partial charge in [-0.15, -0.1) is 0 Å². The number of nitrogens with zero attached hydrogens (tertiary/aromatic N) is 1. The van der Waals surface area contributed by atoms with E-state index in [1.807, 2.05) is 6.92 Å². The molecule has 0 aliphatic carbocycles. The fourth-order valence-corrected chi connectivity index (χ4v) is 2.61. The lowest BCUT2D eigenvalue weighted by atomic mass is 10.1. The number of nitro benzene ring substituents is 1. The van der Waals surface area contributed by atoms with Gasteiger partial charge in [0.1, 0.15) is 11.6 Å². The maximum atomic E-state index is 13.3. The standard InChI is InChI=1S/C19H15FN2O4/c1-2-13-11-16(19(23)26-14-7-5-6-12(20)10-14)18(21-13)15-8-3-4-9-17(15)22(24)25/h3-11,21H,2H2,1H3. The quantitative estimate of drug-likeness (QED) is 0.316. The molecule has 26 heavy (non-hydrogen) atoms. The minimum absolute atomic E-state index is 0.0581. The number of ether oxygens (including phenoxy) is 1. The first kappa shape index (κ1) is 17.3. The van der Waals surface area contributed by atoms with Crippen LogP contribution in [-0.2, 0) is 6.42 Å². The highest BCUT2D eigenvalue weighted by molar-refractivity contribution is 5.99. The third kappa shape index (κ3) is 3.46. The van der Waals surface area contributed by atoms with Gasteiger partial charge in [-0.1, -0.05) is 25.1 Å². The first-order valence-electron chi connectivity index (χ1n) is 7.93. The summed E-state index contributed by atoms with van der Waals surface area (Å²) in [5, 5.41) is 11.3. The Bertz CT molecular complexity index is 981. The highest BCUT2D eigenvalue weighted by Gasteiger charge is 2.24. The van der Waals surface area contributed by atoms with Crippen LogP contribution in [0.5, 0.6) is 5.75 Å². The molecule has 0 fully saturated rings. The summed E-state index contributed by atoms with van der Waals surface area (Å²) in [6.07, 6.45) is 0.598. The molecule has 1 aromatic heterocycles. The monoisotopic (exact) mass is 354 g/mol. The van der Waals surface area contributed by atoms with Gasteiger partial charge in [-0.05, 0) is 30.7 Å². The van der Waals surface area contributed by atoms with Crippen molar-refractivity contribution in [3.8, 4) is 17.0 Å². The van der Waals surface area contributed by atoms with Gasteiger partial charge in [0.2, 0.25) is 0 Å². The molecule has 6 nitrogen and oxygen atoms in total. The molecule has 2 aromatic carbocycles. The number of carbonyl (C=O) groups is 1. The molecule has 7 heteroatoms. The smallest absolute Gasteiger partial charge is 0.345 e. The van der Waals surface area contributed by atoms with E-state index in [1.165, 1.54) is 24.3 Å². The van der Waals surface area contributed by atoms with Crippen molar-refractivity contribution in [3.05, 3.63) is 81.8 Å². The normalized spacial score (nSPS) is 10.5. The maximum absolute atomic E-state index is 13.3. The molecular formula is C19H15FN2O4. The number of carbonyl (C=O) groups excluding carboxylic acids is 1. The molecule has 0 saturated carbocycles. The van der Waals surface area contributed by atoms with Crippen LogP contribution in [-0.4, -0.2) is 15.9 Å². The number of aromatic nitrogens is 1. The Labute approximate surface area is 148 Å². The average Bonchev–Trinajstić information content (AvgIpc) is 3.06. The lowest BCUT2D eigenvalue weighted by Gasteiger charge is -2.06. The summed E-state index contributed by atoms with van der Waals surface area (Å²) in [7, 11) is 0. The zero-order valence-electron chi connectivity index (χ0n) is 13.9. The van der Waals surface area contributed by atoms with Gasteiger partial charge in [0, 0.05) is 17.8 Å². The van der Waals surface area contributed by atoms with Crippen LogP contribution in [0, 0.1) is 15.9 Å². The van der Waals surface area contributed by atoms with Gasteiger partial charge >= 0.3 is 5.97 Å². The molecular weight excluding hydrogens is 339 g/mol. The van der Waals surface area contributed by atoms with Gasteiger partial charge in [-0.25, -0.2) is 9.18 Å². The number of rotatable bonds is 5. The van der Waals surface area contributed by atoms with Gasteiger partial charge in [0.25, 0.3) is 5.69 Å². The van der Waals surface area contributed by atoms with Crippen LogP contribution >= 0.6 is 0 Å². The Morgan fingerprint density at radius 2 is 1.96 bits per heavy atom. The van der Waals surface area contributed by atoms with E-state index in [-0.39, 0.29) is 22.6 Å². The van der Waals surface area contributed by atoms with Gasteiger partial charge in [-0.2, -0.15) is 0 Å². The van der Waals surface area contributed by atoms with E-state index in [4.69, 9.17) is 4.74 Å². The fourth-order valence-electron chi connectivity index (χ4n) is 2.61. The van der Waals surface area contributed by atoms with E-state index in [0.29, 0.717) is 12.1 Å². The number of esters is 1. The number of aryl methyl sites for hydroxylation is 1. The van der Waals surface area contributed by atoms with Gasteiger partial charge in [0.15, 0.2) is 0 Å². The molecule has 0 unspecified atom stereocenters. The summed E-state index contributed by atoms with van der Waals surface area (Å²) in [4.78, 5) is 26.4. The van der Waals surface area contributed by atoms with Crippen LogP contribution < -0.4 is 4.74 Å². The third-order valence-corrected chi connectivity index (χ3v) is 3.85. The van der Waals surface area contributed by atoms with Crippen molar-refractivity contribution in [1.29, 1.82) is 0 Å². The minimum Gasteiger partial charge on any atom is -0.423 e. The number of nitrogens with one attached hydrogen (secondary N) is 1. The summed E-state index contributed by atoms with van der Waals surface area (Å²) in [5.74, 6) is -1.19. The number of halogens is 1. The predicted octanol–water partition coefficient (Wildman–Crippen LogP) is 4.51. The van der Waals surface area contributed by atoms with E-state index in [1.54, 1.807) is 24.3 Å². The van der Waals surface area contributed by atoms with Gasteiger partial charge in [0.05, 0.1) is 21.7 Å². The van der Waals surface area contributed by atoms with Crippen molar-refractivity contribution in [2.24, 2.45) is 0 Å². The number of nitro groups is 1. The third-order valence-electron chi connectivity index (χ3n) is 3.85. The van der Waals surface area contributed by atoms with Gasteiger partial charge in [-0.3, -0.25) is 10.1 Å². The Balaban J connectivity index is 2.04. The Morgan fingerprint density at radius 1 is 1.19 bits per heavy atom. The molecule has 0 atom stereocenters. The van der Waals surface area contributed by atoms with Crippen molar-refractivity contribution in [1.82, 2.24) is 4.98 Å². The number of para-hydroxylation sites is 1. The molecule has 0 saturated heterocycles. The van der Waals surface area contributed by atoms with Crippen molar-refractivity contribution < 1.29 is 18.8 Å². The first-order valence-corrected chi connectivity index (χ1v) is 7.93. The lowest BCUT2D eigenvalue weighted by molar-refractivity contribution is -0.384. The second kappa shape index (κ2) is 7.18. The second-order valence-electron chi connectivity index (χ2n) is 5.56. The van der Waals surface area contributed by atoms with Crippen molar-refractivity contribution in [2.45, 2.75) is 13.3 Å². The summed E-state index contributed by atoms with van der Waals surface area (Å²) in [6.45, 7) is 1.89. The van der Waals surface area contributed by atoms with Crippen LogP contribution in [0.25, 0.3) is 11.3 Å². The molecule has 0 aliphatic heterocycles. The largest absolute Gasteiger partial charge is 0.423 e. The van der Waals surface area contributed by atoms with Crippen LogP contribution in [0.15, 0.2) is 54.6 Å². The van der Waals surface area contributed by atoms with Crippen molar-refractivity contribution >= 4 is 11.7 Å². The Hall–Kier alpha value is -3.48. The molecule has 132 valence electrons. The summed E-state index contributed by atoms with van der Waals surface area (Å²) in [5.41, 5.74) is 1.33. The molecule has 1 heterocycles. The zero-order chi connectivity index (χ0) is 18.7. The summed E-state index contributed by atoms with van der Waals surface area (Å²) in [6, 6.07) is 12.9. The predicted molar refractivity (Wildman–Crippen MR) is 93.6 cm³/mol. The minimum atomic E-state index is -0.722. The Morgan fingerprint density at radius 3 is 2.65 bits per heavy atom. The molecule has 1 N–H and O–H groups in total. The van der Waals surface area contributed by atoms with E-state index >= 15 is 0 Å². The number of hydrogen-bond donors (Lipinski definition) is 1. The van der Waals surface area contributed by atoms with Crippen LogP contribution in [0.4, 0.5) is 10.1 Å². The maximum Gasteiger partial charge on any atom is 0.345 e. The van der Waals surface area contributed by atoms with Crippen LogP contribution in [0.3, 0.4) is 0 Å². The zero-order valence-corrected chi connectivity index (χ0v) is 13.9. The molecule has 0 amide bonds. The molecule has 0 radical (unpaired) electrons. The molecule has 0 aliphatic rings. The van der Waals surface area contributed by atoms with Crippen molar-refractivity contribution in [2.75, 3.05) is 0 Å². The Kier molecular flexibility index (Phi) is 4.79. The molecule has 3 rings (SSSR count). The number of hydrogen-bond acceptors (Lipinski definition) is 4. The fraction of sp³-hybridized carbons (Fsp3) is 0.105. The van der Waals surface area contributed by atoms with E-state index < -0.39 is 16.7 Å². The number of aromatic amines is 1. The van der Waals surface area contributed by atoms with E-state index in [0.717, 1.165) is 11.8 Å². The van der Waals surface area contributed by atoms with Crippen LogP contribution in [0.1, 0.15) is 23.0 Å². The highest BCUT2D eigenvalue weighted by Crippen LogP contribution is 2.32. The topological polar surface area (TPSA) is 85.2 Å². The number of benzene rings is 2. The summed E-state index contributed by atoms with van der Waals surface area (Å²) < 4.78 is 18.5. The number of H-pyrrole nitrogens is 1. The molecule has 3 aromatic rings. The highest BCUT2D eigenvalue weighted by atomic mass is 19.1. The first-order chi connectivity index (χ1) is 12.5. The molecule has 0 spiro atoms. The van der Waals surface area contributed by atoms with Crippen molar-refractivity contribution in [3.63, 3.8) is 0 Å². The van der Waals surface area contributed by atoms with E-state index in [9.17, 15) is 19.3 Å².